The zero-order valence-corrected chi connectivity index (χ0v) is 14.2. The SMILES string of the molecule is O=C(NCCNc1nc(-c2ccco2)nc2cc(Cl)ccc12)C1CC1. The van der Waals surface area contributed by atoms with Crippen LogP contribution in [0.1, 0.15) is 12.8 Å². The number of nitrogens with one attached hydrogen (secondary N) is 2. The molecule has 0 atom stereocenters. The molecule has 4 rings (SSSR count). The number of rotatable bonds is 6. The fourth-order valence-corrected chi connectivity index (χ4v) is 2.78. The topological polar surface area (TPSA) is 80.0 Å². The molecule has 128 valence electrons. The van der Waals surface area contributed by atoms with E-state index < -0.39 is 0 Å². The summed E-state index contributed by atoms with van der Waals surface area (Å²) in [6.07, 6.45) is 3.59. The zero-order chi connectivity index (χ0) is 17.2. The minimum atomic E-state index is 0.136. The fraction of sp³-hybridized carbons (Fsp3) is 0.278. The molecular formula is C18H17ClN4O2. The Morgan fingerprint density at radius 3 is 2.88 bits per heavy atom. The zero-order valence-electron chi connectivity index (χ0n) is 13.5. The van der Waals surface area contributed by atoms with E-state index in [4.69, 9.17) is 16.0 Å². The molecule has 3 aromatic rings. The minimum Gasteiger partial charge on any atom is -0.461 e. The molecule has 0 unspecified atom stereocenters. The van der Waals surface area contributed by atoms with E-state index in [-0.39, 0.29) is 11.8 Å². The number of hydrogen-bond donors (Lipinski definition) is 2. The number of nitrogens with zero attached hydrogens (tertiary/aromatic N) is 2. The quantitative estimate of drug-likeness (QED) is 0.661. The van der Waals surface area contributed by atoms with E-state index in [2.05, 4.69) is 20.6 Å². The number of fused-ring (bicyclic) bond motifs is 1. The highest BCUT2D eigenvalue weighted by Gasteiger charge is 2.28. The number of amides is 1. The van der Waals surface area contributed by atoms with Gasteiger partial charge in [-0.25, -0.2) is 9.97 Å². The molecule has 1 amide bonds. The van der Waals surface area contributed by atoms with Crippen LogP contribution in [0.25, 0.3) is 22.5 Å². The Hall–Kier alpha value is -2.60. The van der Waals surface area contributed by atoms with Crippen molar-refractivity contribution in [2.24, 2.45) is 5.92 Å². The number of aromatic nitrogens is 2. The van der Waals surface area contributed by atoms with Crippen LogP contribution in [0.15, 0.2) is 41.0 Å². The molecule has 0 radical (unpaired) electrons. The largest absolute Gasteiger partial charge is 0.461 e. The maximum atomic E-state index is 11.7. The first kappa shape index (κ1) is 15.9. The summed E-state index contributed by atoms with van der Waals surface area (Å²) >= 11 is 6.09. The van der Waals surface area contributed by atoms with Gasteiger partial charge in [0.15, 0.2) is 11.6 Å². The summed E-state index contributed by atoms with van der Waals surface area (Å²) in [5, 5.41) is 7.68. The maximum absolute atomic E-state index is 11.7. The highest BCUT2D eigenvalue weighted by atomic mass is 35.5. The first-order chi connectivity index (χ1) is 12.2. The van der Waals surface area contributed by atoms with Gasteiger partial charge in [-0.3, -0.25) is 4.79 Å². The predicted molar refractivity (Wildman–Crippen MR) is 96.5 cm³/mol. The normalized spacial score (nSPS) is 13.8. The Bertz CT molecular complexity index is 907. The second kappa shape index (κ2) is 6.72. The van der Waals surface area contributed by atoms with Crippen LogP contribution in [0.3, 0.4) is 0 Å². The van der Waals surface area contributed by atoms with Gasteiger partial charge < -0.3 is 15.1 Å². The van der Waals surface area contributed by atoms with Crippen molar-refractivity contribution in [3.05, 3.63) is 41.6 Å². The van der Waals surface area contributed by atoms with Crippen molar-refractivity contribution in [3.8, 4) is 11.6 Å². The molecule has 0 aliphatic heterocycles. The summed E-state index contributed by atoms with van der Waals surface area (Å²) < 4.78 is 5.40. The third-order valence-corrected chi connectivity index (χ3v) is 4.30. The van der Waals surface area contributed by atoms with Crippen LogP contribution in [-0.2, 0) is 4.79 Å². The summed E-state index contributed by atoms with van der Waals surface area (Å²) in [7, 11) is 0. The maximum Gasteiger partial charge on any atom is 0.223 e. The Morgan fingerprint density at radius 2 is 2.12 bits per heavy atom. The molecule has 2 heterocycles. The van der Waals surface area contributed by atoms with Gasteiger partial charge in [0, 0.05) is 29.4 Å². The van der Waals surface area contributed by atoms with E-state index in [0.29, 0.717) is 35.5 Å². The number of benzene rings is 1. The van der Waals surface area contributed by atoms with Gasteiger partial charge in [0.05, 0.1) is 11.8 Å². The van der Waals surface area contributed by atoms with Gasteiger partial charge >= 0.3 is 0 Å². The molecule has 1 aliphatic rings. The molecule has 0 spiro atoms. The smallest absolute Gasteiger partial charge is 0.223 e. The molecule has 1 aliphatic carbocycles. The highest BCUT2D eigenvalue weighted by Crippen LogP contribution is 2.29. The second-order valence-electron chi connectivity index (χ2n) is 6.03. The molecule has 2 aromatic heterocycles. The molecule has 1 fully saturated rings. The van der Waals surface area contributed by atoms with Crippen LogP contribution in [0.4, 0.5) is 5.82 Å². The second-order valence-corrected chi connectivity index (χ2v) is 6.46. The molecule has 0 bridgehead atoms. The van der Waals surface area contributed by atoms with E-state index in [9.17, 15) is 4.79 Å². The molecule has 1 aromatic carbocycles. The van der Waals surface area contributed by atoms with Crippen LogP contribution in [0.2, 0.25) is 5.02 Å². The lowest BCUT2D eigenvalue weighted by Gasteiger charge is -2.11. The average molecular weight is 357 g/mol. The Kier molecular flexibility index (Phi) is 4.28. The van der Waals surface area contributed by atoms with Crippen LogP contribution in [-0.4, -0.2) is 29.0 Å². The van der Waals surface area contributed by atoms with Gasteiger partial charge in [-0.2, -0.15) is 0 Å². The number of hydrogen-bond acceptors (Lipinski definition) is 5. The van der Waals surface area contributed by atoms with Gasteiger partial charge in [0.2, 0.25) is 5.91 Å². The van der Waals surface area contributed by atoms with E-state index in [1.165, 1.54) is 0 Å². The van der Waals surface area contributed by atoms with Gasteiger partial charge in [0.25, 0.3) is 0 Å². The van der Waals surface area contributed by atoms with E-state index in [1.54, 1.807) is 24.5 Å². The lowest BCUT2D eigenvalue weighted by atomic mass is 10.2. The van der Waals surface area contributed by atoms with Crippen molar-refractivity contribution in [3.63, 3.8) is 0 Å². The van der Waals surface area contributed by atoms with E-state index in [1.807, 2.05) is 12.1 Å². The van der Waals surface area contributed by atoms with Crippen molar-refractivity contribution < 1.29 is 9.21 Å². The standard InChI is InChI=1S/C18H17ClN4O2/c19-12-5-6-13-14(10-12)22-17(15-2-1-9-25-15)23-16(13)20-7-8-21-18(24)11-3-4-11/h1-2,5-6,9-11H,3-4,7-8H2,(H,21,24)(H,20,22,23). The lowest BCUT2D eigenvalue weighted by Crippen LogP contribution is -2.30. The molecule has 6 nitrogen and oxygen atoms in total. The third kappa shape index (κ3) is 3.58. The molecule has 25 heavy (non-hydrogen) atoms. The Morgan fingerprint density at radius 1 is 1.24 bits per heavy atom. The Balaban J connectivity index is 1.56. The van der Waals surface area contributed by atoms with Crippen LogP contribution >= 0.6 is 11.6 Å². The first-order valence-corrected chi connectivity index (χ1v) is 8.61. The molecule has 1 saturated carbocycles. The van der Waals surface area contributed by atoms with Gasteiger partial charge in [-0.1, -0.05) is 11.6 Å². The summed E-state index contributed by atoms with van der Waals surface area (Å²) in [5.41, 5.74) is 0.735. The van der Waals surface area contributed by atoms with Gasteiger partial charge in [-0.15, -0.1) is 0 Å². The highest BCUT2D eigenvalue weighted by molar-refractivity contribution is 6.31. The number of furan rings is 1. The van der Waals surface area contributed by atoms with Crippen LogP contribution < -0.4 is 10.6 Å². The van der Waals surface area contributed by atoms with Crippen molar-refractivity contribution >= 4 is 34.2 Å². The van der Waals surface area contributed by atoms with E-state index >= 15 is 0 Å². The van der Waals surface area contributed by atoms with E-state index in [0.717, 1.165) is 23.7 Å². The van der Waals surface area contributed by atoms with Crippen molar-refractivity contribution in [1.29, 1.82) is 0 Å². The molecule has 7 heteroatoms. The van der Waals surface area contributed by atoms with Crippen LogP contribution in [0, 0.1) is 5.92 Å². The number of anilines is 1. The lowest BCUT2D eigenvalue weighted by molar-refractivity contribution is -0.122. The minimum absolute atomic E-state index is 0.136. The Labute approximate surface area is 149 Å². The summed E-state index contributed by atoms with van der Waals surface area (Å²) in [6.45, 7) is 1.12. The first-order valence-electron chi connectivity index (χ1n) is 8.23. The number of halogens is 1. The number of carbonyl (C=O) groups excluding carboxylic acids is 1. The van der Waals surface area contributed by atoms with Crippen molar-refractivity contribution in [2.45, 2.75) is 12.8 Å². The average Bonchev–Trinajstić information content (AvgIpc) is 3.32. The number of carbonyl (C=O) groups is 1. The molecule has 0 saturated heterocycles. The van der Waals surface area contributed by atoms with Crippen molar-refractivity contribution in [2.75, 3.05) is 18.4 Å². The van der Waals surface area contributed by atoms with Gasteiger partial charge in [0.1, 0.15) is 5.82 Å². The monoisotopic (exact) mass is 356 g/mol. The fourth-order valence-electron chi connectivity index (χ4n) is 2.61. The molecule has 2 N–H and O–H groups in total. The van der Waals surface area contributed by atoms with Gasteiger partial charge in [-0.05, 0) is 43.2 Å². The summed E-state index contributed by atoms with van der Waals surface area (Å²) in [6, 6.07) is 9.09. The predicted octanol–water partition coefficient (Wildman–Crippen LogP) is 3.48. The van der Waals surface area contributed by atoms with Crippen LogP contribution in [0.5, 0.6) is 0 Å². The summed E-state index contributed by atoms with van der Waals surface area (Å²) in [5.74, 6) is 2.12. The third-order valence-electron chi connectivity index (χ3n) is 4.07. The van der Waals surface area contributed by atoms with Crippen molar-refractivity contribution in [1.82, 2.24) is 15.3 Å². The molecular weight excluding hydrogens is 340 g/mol. The summed E-state index contributed by atoms with van der Waals surface area (Å²) in [4.78, 5) is 20.8.